The summed E-state index contributed by atoms with van der Waals surface area (Å²) in [5, 5.41) is 5.79. The first-order valence-electron chi connectivity index (χ1n) is 7.94. The van der Waals surface area contributed by atoms with E-state index in [9.17, 15) is 0 Å². The van der Waals surface area contributed by atoms with E-state index in [-0.39, 0.29) is 0 Å². The van der Waals surface area contributed by atoms with Crippen LogP contribution in [-0.4, -0.2) is 4.57 Å². The number of aromatic nitrogens is 1. The van der Waals surface area contributed by atoms with E-state index in [0.717, 1.165) is 13.0 Å². The van der Waals surface area contributed by atoms with Gasteiger partial charge >= 0.3 is 0 Å². The maximum atomic E-state index is 2.45. The zero-order chi connectivity index (χ0) is 15.6. The first-order valence-corrected chi connectivity index (χ1v) is 8.89. The van der Waals surface area contributed by atoms with Crippen molar-refractivity contribution < 1.29 is 0 Å². The molecule has 0 atom stereocenters. The van der Waals surface area contributed by atoms with Crippen molar-refractivity contribution >= 4 is 22.2 Å². The number of thiophene rings is 1. The van der Waals surface area contributed by atoms with Gasteiger partial charge in [0.2, 0.25) is 0 Å². The molecule has 0 aliphatic rings. The van der Waals surface area contributed by atoms with Crippen molar-refractivity contribution in [3.05, 3.63) is 93.8 Å². The quantitative estimate of drug-likeness (QED) is 0.458. The molecule has 1 nitrogen and oxygen atoms in total. The summed E-state index contributed by atoms with van der Waals surface area (Å²) in [4.78, 5) is 0. The fourth-order valence-electron chi connectivity index (χ4n) is 3.29. The lowest BCUT2D eigenvalue weighted by atomic mass is 10.0. The van der Waals surface area contributed by atoms with Crippen LogP contribution in [0.3, 0.4) is 0 Å². The van der Waals surface area contributed by atoms with Gasteiger partial charge in [0.15, 0.2) is 0 Å². The predicted octanol–water partition coefficient (Wildman–Crippen LogP) is 5.65. The topological polar surface area (TPSA) is 4.93 Å². The van der Waals surface area contributed by atoms with Gasteiger partial charge in [0, 0.05) is 29.6 Å². The minimum Gasteiger partial charge on any atom is -0.340 e. The average molecular weight is 317 g/mol. The molecule has 2 aromatic heterocycles. The zero-order valence-corrected chi connectivity index (χ0v) is 14.0. The van der Waals surface area contributed by atoms with Crippen LogP contribution in [0.4, 0.5) is 0 Å². The van der Waals surface area contributed by atoms with Crippen LogP contribution in [0.1, 0.15) is 22.4 Å². The second-order valence-electron chi connectivity index (χ2n) is 5.96. The number of para-hydroxylation sites is 1. The molecule has 0 radical (unpaired) electrons. The van der Waals surface area contributed by atoms with Gasteiger partial charge in [-0.15, -0.1) is 0 Å². The number of nitrogens with zero attached hydrogens (tertiary/aromatic N) is 1. The number of rotatable bonds is 4. The Bertz CT molecular complexity index is 917. The van der Waals surface area contributed by atoms with Crippen LogP contribution in [0.15, 0.2) is 71.4 Å². The second-order valence-corrected chi connectivity index (χ2v) is 6.74. The van der Waals surface area contributed by atoms with Crippen LogP contribution in [0.5, 0.6) is 0 Å². The maximum Gasteiger partial charge on any atom is 0.0488 e. The summed E-state index contributed by atoms with van der Waals surface area (Å²) in [5.41, 5.74) is 6.91. The van der Waals surface area contributed by atoms with Gasteiger partial charge in [0.25, 0.3) is 0 Å². The van der Waals surface area contributed by atoms with Crippen LogP contribution < -0.4 is 0 Å². The van der Waals surface area contributed by atoms with Gasteiger partial charge in [-0.25, -0.2) is 0 Å². The second kappa shape index (κ2) is 6.05. The van der Waals surface area contributed by atoms with Crippen molar-refractivity contribution in [1.29, 1.82) is 0 Å². The highest BCUT2D eigenvalue weighted by Gasteiger charge is 2.14. The molecular formula is C21H19NS. The Kier molecular flexibility index (Phi) is 3.76. The molecule has 0 aliphatic carbocycles. The Labute approximate surface area is 140 Å². The Morgan fingerprint density at radius 1 is 0.870 bits per heavy atom. The number of hydrogen-bond donors (Lipinski definition) is 0. The summed E-state index contributed by atoms with van der Waals surface area (Å²) in [6.45, 7) is 3.18. The van der Waals surface area contributed by atoms with E-state index in [0.29, 0.717) is 0 Å². The largest absolute Gasteiger partial charge is 0.340 e. The monoisotopic (exact) mass is 317 g/mol. The average Bonchev–Trinajstić information content (AvgIpc) is 3.19. The number of benzene rings is 2. The minimum atomic E-state index is 0.927. The fraction of sp³-hybridized carbons (Fsp3) is 0.143. The number of hydrogen-bond acceptors (Lipinski definition) is 1. The van der Waals surface area contributed by atoms with E-state index in [1.807, 2.05) is 0 Å². The molecular weight excluding hydrogens is 298 g/mol. The molecule has 4 aromatic rings. The van der Waals surface area contributed by atoms with Gasteiger partial charge in [-0.3, -0.25) is 0 Å². The maximum absolute atomic E-state index is 2.45. The molecule has 0 fully saturated rings. The molecule has 0 amide bonds. The summed E-state index contributed by atoms with van der Waals surface area (Å²) < 4.78 is 2.45. The van der Waals surface area contributed by atoms with E-state index in [4.69, 9.17) is 0 Å². The molecule has 0 saturated carbocycles. The Hall–Kier alpha value is -2.32. The minimum absolute atomic E-state index is 0.927. The summed E-state index contributed by atoms with van der Waals surface area (Å²) in [6, 6.07) is 21.7. The van der Waals surface area contributed by atoms with Gasteiger partial charge in [0.1, 0.15) is 0 Å². The number of fused-ring (bicyclic) bond motifs is 1. The summed E-state index contributed by atoms with van der Waals surface area (Å²) >= 11 is 1.77. The Morgan fingerprint density at radius 2 is 1.65 bits per heavy atom. The highest BCUT2D eigenvalue weighted by molar-refractivity contribution is 7.07. The van der Waals surface area contributed by atoms with E-state index in [2.05, 4.69) is 82.9 Å². The van der Waals surface area contributed by atoms with Crippen molar-refractivity contribution in [2.75, 3.05) is 0 Å². The van der Waals surface area contributed by atoms with Gasteiger partial charge in [0.05, 0.1) is 0 Å². The summed E-state index contributed by atoms with van der Waals surface area (Å²) in [6.07, 6.45) is 1.01. The first kappa shape index (κ1) is 14.3. The molecule has 114 valence electrons. The SMILES string of the molecule is Cc1c(Cc2ccsc2)c2ccccc2n1Cc1ccccc1. The van der Waals surface area contributed by atoms with Crippen LogP contribution >= 0.6 is 11.3 Å². The van der Waals surface area contributed by atoms with Gasteiger partial charge in [-0.1, -0.05) is 48.5 Å². The van der Waals surface area contributed by atoms with Crippen molar-refractivity contribution in [3.63, 3.8) is 0 Å². The Morgan fingerprint density at radius 3 is 2.43 bits per heavy atom. The normalized spacial score (nSPS) is 11.2. The van der Waals surface area contributed by atoms with Crippen LogP contribution in [0.2, 0.25) is 0 Å². The van der Waals surface area contributed by atoms with E-state index in [1.165, 1.54) is 33.3 Å². The van der Waals surface area contributed by atoms with E-state index < -0.39 is 0 Å². The molecule has 0 unspecified atom stereocenters. The third-order valence-corrected chi connectivity index (χ3v) is 5.24. The van der Waals surface area contributed by atoms with Gasteiger partial charge in [-0.05, 0) is 46.5 Å². The fourth-order valence-corrected chi connectivity index (χ4v) is 3.96. The lowest BCUT2D eigenvalue weighted by molar-refractivity contribution is 0.798. The lowest BCUT2D eigenvalue weighted by Gasteiger charge is -2.09. The summed E-state index contributed by atoms with van der Waals surface area (Å²) in [5.74, 6) is 0. The molecule has 0 bridgehead atoms. The van der Waals surface area contributed by atoms with Gasteiger partial charge in [-0.2, -0.15) is 11.3 Å². The molecule has 0 spiro atoms. The third-order valence-electron chi connectivity index (χ3n) is 4.51. The van der Waals surface area contributed by atoms with Crippen LogP contribution in [-0.2, 0) is 13.0 Å². The third kappa shape index (κ3) is 2.71. The van der Waals surface area contributed by atoms with Gasteiger partial charge < -0.3 is 4.57 Å². The molecule has 2 aromatic carbocycles. The Balaban J connectivity index is 1.83. The predicted molar refractivity (Wildman–Crippen MR) is 99.3 cm³/mol. The molecule has 2 heterocycles. The highest BCUT2D eigenvalue weighted by Crippen LogP contribution is 2.29. The molecule has 2 heteroatoms. The molecule has 4 rings (SSSR count). The van der Waals surface area contributed by atoms with E-state index in [1.54, 1.807) is 11.3 Å². The first-order chi connectivity index (χ1) is 11.3. The molecule has 0 saturated heterocycles. The van der Waals surface area contributed by atoms with Crippen LogP contribution in [0.25, 0.3) is 10.9 Å². The highest BCUT2D eigenvalue weighted by atomic mass is 32.1. The van der Waals surface area contributed by atoms with Crippen LogP contribution in [0, 0.1) is 6.92 Å². The van der Waals surface area contributed by atoms with Crippen molar-refractivity contribution in [1.82, 2.24) is 4.57 Å². The van der Waals surface area contributed by atoms with Crippen molar-refractivity contribution in [2.45, 2.75) is 19.9 Å². The zero-order valence-electron chi connectivity index (χ0n) is 13.2. The molecule has 23 heavy (non-hydrogen) atoms. The molecule has 0 N–H and O–H groups in total. The molecule has 0 aliphatic heterocycles. The van der Waals surface area contributed by atoms with E-state index >= 15 is 0 Å². The standard InChI is InChI=1S/C21H19NS/c1-16-20(13-18-11-12-23-15-18)19-9-5-6-10-21(19)22(16)14-17-7-3-2-4-8-17/h2-12,15H,13-14H2,1H3. The summed E-state index contributed by atoms with van der Waals surface area (Å²) in [7, 11) is 0. The van der Waals surface area contributed by atoms with Crippen molar-refractivity contribution in [3.8, 4) is 0 Å². The smallest absolute Gasteiger partial charge is 0.0488 e. The lowest BCUT2D eigenvalue weighted by Crippen LogP contribution is -2.02. The van der Waals surface area contributed by atoms with Crippen molar-refractivity contribution in [2.24, 2.45) is 0 Å².